The van der Waals surface area contributed by atoms with Gasteiger partial charge in [0.15, 0.2) is 5.96 Å². The largest absolute Gasteiger partial charge is 0.496 e. The van der Waals surface area contributed by atoms with Gasteiger partial charge in [0.05, 0.1) is 13.7 Å². The lowest BCUT2D eigenvalue weighted by atomic mass is 10.2. The summed E-state index contributed by atoms with van der Waals surface area (Å²) in [6, 6.07) is 5.69. The van der Waals surface area contributed by atoms with Crippen molar-refractivity contribution in [3.05, 3.63) is 28.2 Å². The Kier molecular flexibility index (Phi) is 6.66. The molecule has 0 bridgehead atoms. The highest BCUT2D eigenvalue weighted by atomic mass is 127. The lowest BCUT2D eigenvalue weighted by Crippen LogP contribution is -2.22. The quantitative estimate of drug-likeness (QED) is 0.473. The van der Waals surface area contributed by atoms with Crippen LogP contribution in [0, 0.1) is 0 Å². The van der Waals surface area contributed by atoms with E-state index in [1.165, 1.54) is 0 Å². The number of nitrogens with two attached hydrogens (primary N) is 2. The standard InChI is InChI=1S/C9H12BrN3O.HI/c1-14-8-3-2-7(10)4-6(8)5-13-9(11)12;/h2-4H,5H2,1H3,(H4,11,12,13);1H. The van der Waals surface area contributed by atoms with Crippen molar-refractivity contribution in [2.45, 2.75) is 6.54 Å². The predicted molar refractivity (Wildman–Crippen MR) is 75.6 cm³/mol. The Balaban J connectivity index is 0.00000196. The molecule has 0 heterocycles. The van der Waals surface area contributed by atoms with Crippen molar-refractivity contribution in [1.29, 1.82) is 0 Å². The van der Waals surface area contributed by atoms with Gasteiger partial charge in [-0.15, -0.1) is 24.0 Å². The molecular formula is C9H13BrIN3O. The van der Waals surface area contributed by atoms with E-state index in [2.05, 4.69) is 20.9 Å². The second-order valence-corrected chi connectivity index (χ2v) is 3.61. The summed E-state index contributed by atoms with van der Waals surface area (Å²) in [7, 11) is 1.61. The average Bonchev–Trinajstić information content (AvgIpc) is 2.15. The van der Waals surface area contributed by atoms with Gasteiger partial charge in [-0.05, 0) is 18.2 Å². The summed E-state index contributed by atoms with van der Waals surface area (Å²) in [4.78, 5) is 3.92. The van der Waals surface area contributed by atoms with E-state index in [4.69, 9.17) is 16.2 Å². The van der Waals surface area contributed by atoms with E-state index >= 15 is 0 Å². The molecule has 1 aromatic rings. The first-order chi connectivity index (χ1) is 6.63. The minimum absolute atomic E-state index is 0. The van der Waals surface area contributed by atoms with Gasteiger partial charge in [0.25, 0.3) is 0 Å². The number of methoxy groups -OCH3 is 1. The number of rotatable bonds is 3. The Labute approximate surface area is 114 Å². The second kappa shape index (κ2) is 6.89. The highest BCUT2D eigenvalue weighted by Crippen LogP contribution is 2.23. The van der Waals surface area contributed by atoms with E-state index in [0.717, 1.165) is 15.8 Å². The Bertz CT molecular complexity index is 353. The number of hydrogen-bond acceptors (Lipinski definition) is 2. The number of hydrogen-bond donors (Lipinski definition) is 2. The van der Waals surface area contributed by atoms with Crippen LogP contribution in [0.1, 0.15) is 5.56 Å². The van der Waals surface area contributed by atoms with Gasteiger partial charge in [-0.2, -0.15) is 0 Å². The summed E-state index contributed by atoms with van der Waals surface area (Å²) in [6.45, 7) is 0.422. The lowest BCUT2D eigenvalue weighted by molar-refractivity contribution is 0.410. The van der Waals surface area contributed by atoms with Crippen LogP contribution < -0.4 is 16.2 Å². The van der Waals surface area contributed by atoms with Gasteiger partial charge < -0.3 is 16.2 Å². The third kappa shape index (κ3) is 4.70. The van der Waals surface area contributed by atoms with Crippen LogP contribution in [-0.2, 0) is 6.54 Å². The molecule has 0 aliphatic rings. The fourth-order valence-corrected chi connectivity index (χ4v) is 1.46. The molecule has 0 amide bonds. The van der Waals surface area contributed by atoms with E-state index in [0.29, 0.717) is 6.54 Å². The van der Waals surface area contributed by atoms with Crippen molar-refractivity contribution in [2.75, 3.05) is 7.11 Å². The van der Waals surface area contributed by atoms with Crippen LogP contribution in [0.2, 0.25) is 0 Å². The van der Waals surface area contributed by atoms with Gasteiger partial charge in [0.2, 0.25) is 0 Å². The average molecular weight is 386 g/mol. The summed E-state index contributed by atoms with van der Waals surface area (Å²) in [5.74, 6) is 0.852. The minimum Gasteiger partial charge on any atom is -0.496 e. The van der Waals surface area contributed by atoms with Gasteiger partial charge in [-0.3, -0.25) is 0 Å². The SMILES string of the molecule is COc1ccc(Br)cc1CN=C(N)N.I. The topological polar surface area (TPSA) is 73.6 Å². The highest BCUT2D eigenvalue weighted by molar-refractivity contribution is 14.0. The number of halogens is 2. The molecule has 1 rings (SSSR count). The van der Waals surface area contributed by atoms with E-state index in [1.807, 2.05) is 18.2 Å². The maximum atomic E-state index is 5.25. The first kappa shape index (κ1) is 14.5. The van der Waals surface area contributed by atoms with E-state index in [9.17, 15) is 0 Å². The maximum Gasteiger partial charge on any atom is 0.186 e. The summed E-state index contributed by atoms with van der Waals surface area (Å²) in [6.07, 6.45) is 0. The van der Waals surface area contributed by atoms with Crippen LogP contribution in [0.3, 0.4) is 0 Å². The van der Waals surface area contributed by atoms with Crippen molar-refractivity contribution >= 4 is 45.9 Å². The number of ether oxygens (including phenoxy) is 1. The van der Waals surface area contributed by atoms with E-state index < -0.39 is 0 Å². The van der Waals surface area contributed by atoms with Crippen molar-refractivity contribution in [1.82, 2.24) is 0 Å². The third-order valence-corrected chi connectivity index (χ3v) is 2.17. The molecule has 15 heavy (non-hydrogen) atoms. The van der Waals surface area contributed by atoms with Crippen LogP contribution in [0.15, 0.2) is 27.7 Å². The van der Waals surface area contributed by atoms with Gasteiger partial charge in [0.1, 0.15) is 5.75 Å². The van der Waals surface area contributed by atoms with E-state index in [1.54, 1.807) is 7.11 Å². The zero-order chi connectivity index (χ0) is 10.6. The van der Waals surface area contributed by atoms with Crippen molar-refractivity contribution < 1.29 is 4.74 Å². The minimum atomic E-state index is 0. The molecule has 84 valence electrons. The Morgan fingerprint density at radius 3 is 2.67 bits per heavy atom. The first-order valence-electron chi connectivity index (χ1n) is 4.01. The fraction of sp³-hybridized carbons (Fsp3) is 0.222. The molecule has 0 fully saturated rings. The molecular weight excluding hydrogens is 373 g/mol. The summed E-state index contributed by atoms with van der Waals surface area (Å²) >= 11 is 3.37. The highest BCUT2D eigenvalue weighted by Gasteiger charge is 2.02. The van der Waals surface area contributed by atoms with Gasteiger partial charge in [-0.1, -0.05) is 15.9 Å². The lowest BCUT2D eigenvalue weighted by Gasteiger charge is -2.06. The molecule has 0 aromatic heterocycles. The maximum absolute atomic E-state index is 5.25. The van der Waals surface area contributed by atoms with Crippen LogP contribution >= 0.6 is 39.9 Å². The second-order valence-electron chi connectivity index (χ2n) is 2.70. The van der Waals surface area contributed by atoms with Crippen LogP contribution in [0.5, 0.6) is 5.75 Å². The molecule has 0 radical (unpaired) electrons. The molecule has 1 aromatic carbocycles. The molecule has 4 N–H and O–H groups in total. The molecule has 0 atom stereocenters. The molecule has 0 saturated carbocycles. The van der Waals surface area contributed by atoms with Crippen LogP contribution in [-0.4, -0.2) is 13.1 Å². The van der Waals surface area contributed by atoms with Crippen molar-refractivity contribution in [2.24, 2.45) is 16.5 Å². The monoisotopic (exact) mass is 385 g/mol. The number of guanidine groups is 1. The normalized spacial score (nSPS) is 8.93. The Morgan fingerprint density at radius 2 is 2.13 bits per heavy atom. The molecule has 0 unspecified atom stereocenters. The Hall–Kier alpha value is -0.500. The molecule has 0 aliphatic heterocycles. The van der Waals surface area contributed by atoms with Crippen molar-refractivity contribution in [3.63, 3.8) is 0 Å². The molecule has 0 aliphatic carbocycles. The number of aliphatic imine (C=N–C) groups is 1. The number of nitrogens with zero attached hydrogens (tertiary/aromatic N) is 1. The first-order valence-corrected chi connectivity index (χ1v) is 4.80. The molecule has 0 saturated heterocycles. The summed E-state index contributed by atoms with van der Waals surface area (Å²) in [5, 5.41) is 0. The predicted octanol–water partition coefficient (Wildman–Crippen LogP) is 1.85. The van der Waals surface area contributed by atoms with Crippen LogP contribution in [0.4, 0.5) is 0 Å². The molecule has 6 heteroatoms. The molecule has 0 spiro atoms. The van der Waals surface area contributed by atoms with Gasteiger partial charge >= 0.3 is 0 Å². The zero-order valence-corrected chi connectivity index (χ0v) is 12.2. The summed E-state index contributed by atoms with van der Waals surface area (Å²) in [5.41, 5.74) is 11.4. The summed E-state index contributed by atoms with van der Waals surface area (Å²) < 4.78 is 6.13. The van der Waals surface area contributed by atoms with Crippen LogP contribution in [0.25, 0.3) is 0 Å². The van der Waals surface area contributed by atoms with Crippen molar-refractivity contribution in [3.8, 4) is 5.75 Å². The Morgan fingerprint density at radius 1 is 1.47 bits per heavy atom. The van der Waals surface area contributed by atoms with Gasteiger partial charge in [0, 0.05) is 10.0 Å². The van der Waals surface area contributed by atoms with Gasteiger partial charge in [-0.25, -0.2) is 4.99 Å². The zero-order valence-electron chi connectivity index (χ0n) is 8.24. The molecule has 4 nitrogen and oxygen atoms in total. The van der Waals surface area contributed by atoms with E-state index in [-0.39, 0.29) is 29.9 Å². The number of benzene rings is 1. The smallest absolute Gasteiger partial charge is 0.186 e. The fourth-order valence-electron chi connectivity index (χ4n) is 1.05. The third-order valence-electron chi connectivity index (χ3n) is 1.67.